The topological polar surface area (TPSA) is 42.4 Å². The summed E-state index contributed by atoms with van der Waals surface area (Å²) in [6.07, 6.45) is 1.60. The zero-order valence-corrected chi connectivity index (χ0v) is 14.0. The van der Waals surface area contributed by atoms with Crippen LogP contribution in [0.2, 0.25) is 0 Å². The second-order valence-corrected chi connectivity index (χ2v) is 6.15. The quantitative estimate of drug-likeness (QED) is 0.712. The van der Waals surface area contributed by atoms with Crippen LogP contribution in [0.25, 0.3) is 10.1 Å². The summed E-state index contributed by atoms with van der Waals surface area (Å²) in [6, 6.07) is 11.7. The molecule has 1 aromatic carbocycles. The molecule has 2 aromatic heterocycles. The van der Waals surface area contributed by atoms with E-state index in [2.05, 4.69) is 22.5 Å². The van der Waals surface area contributed by atoms with E-state index in [9.17, 15) is 4.79 Å². The highest BCUT2D eigenvalue weighted by molar-refractivity contribution is 7.17. The molecular weight excluding hydrogens is 308 g/mol. The number of rotatable bonds is 5. The van der Waals surface area contributed by atoms with Crippen LogP contribution in [0.4, 0.5) is 0 Å². The van der Waals surface area contributed by atoms with E-state index >= 15 is 0 Å². The van der Waals surface area contributed by atoms with Gasteiger partial charge in [0.05, 0.1) is 6.61 Å². The molecule has 5 heteroatoms. The molecule has 3 aromatic rings. The molecule has 0 bridgehead atoms. The number of thiophene rings is 1. The zero-order chi connectivity index (χ0) is 16.2. The van der Waals surface area contributed by atoms with Crippen molar-refractivity contribution in [3.8, 4) is 5.88 Å². The Morgan fingerprint density at radius 3 is 2.96 bits per heavy atom. The minimum atomic E-state index is -0.0383. The maximum absolute atomic E-state index is 12.6. The Kier molecular flexibility index (Phi) is 4.57. The van der Waals surface area contributed by atoms with E-state index in [1.165, 1.54) is 15.6 Å². The number of amides is 1. The van der Waals surface area contributed by atoms with E-state index in [4.69, 9.17) is 4.74 Å². The first-order chi connectivity index (χ1) is 11.2. The van der Waals surface area contributed by atoms with E-state index in [1.807, 2.05) is 26.1 Å². The van der Waals surface area contributed by atoms with E-state index in [0.717, 1.165) is 0 Å². The molecule has 23 heavy (non-hydrogen) atoms. The van der Waals surface area contributed by atoms with Gasteiger partial charge in [-0.1, -0.05) is 18.2 Å². The largest absolute Gasteiger partial charge is 0.478 e. The maximum atomic E-state index is 12.6. The second-order valence-electron chi connectivity index (χ2n) is 5.23. The average molecular weight is 326 g/mol. The fourth-order valence-corrected chi connectivity index (χ4v) is 3.43. The lowest BCUT2D eigenvalue weighted by Gasteiger charge is -2.17. The third-order valence-electron chi connectivity index (χ3n) is 3.59. The van der Waals surface area contributed by atoms with Crippen molar-refractivity contribution in [2.45, 2.75) is 13.5 Å². The molecular formula is C18H18N2O2S. The van der Waals surface area contributed by atoms with Gasteiger partial charge in [0.2, 0.25) is 5.88 Å². The molecule has 0 atom stereocenters. The maximum Gasteiger partial charge on any atom is 0.254 e. The molecule has 118 valence electrons. The Morgan fingerprint density at radius 1 is 1.30 bits per heavy atom. The lowest BCUT2D eigenvalue weighted by molar-refractivity contribution is 0.0785. The molecule has 2 heterocycles. The molecule has 0 saturated heterocycles. The van der Waals surface area contributed by atoms with Gasteiger partial charge in [-0.05, 0) is 35.4 Å². The van der Waals surface area contributed by atoms with Gasteiger partial charge in [-0.3, -0.25) is 4.79 Å². The van der Waals surface area contributed by atoms with E-state index in [-0.39, 0.29) is 5.91 Å². The minimum Gasteiger partial charge on any atom is -0.478 e. The number of pyridine rings is 1. The summed E-state index contributed by atoms with van der Waals surface area (Å²) in [5, 5.41) is 3.33. The number of fused-ring (bicyclic) bond motifs is 1. The van der Waals surface area contributed by atoms with Crippen LogP contribution in [0.3, 0.4) is 0 Å². The lowest BCUT2D eigenvalue weighted by atomic mass is 10.1. The first kappa shape index (κ1) is 15.5. The molecule has 3 rings (SSSR count). The summed E-state index contributed by atoms with van der Waals surface area (Å²) < 4.78 is 6.60. The predicted octanol–water partition coefficient (Wildman–Crippen LogP) is 3.97. The number of aromatic nitrogens is 1. The minimum absolute atomic E-state index is 0.0383. The van der Waals surface area contributed by atoms with Crippen molar-refractivity contribution in [2.75, 3.05) is 13.7 Å². The summed E-state index contributed by atoms with van der Waals surface area (Å²) in [4.78, 5) is 18.4. The highest BCUT2D eigenvalue weighted by Crippen LogP contribution is 2.26. The van der Waals surface area contributed by atoms with Crippen molar-refractivity contribution in [1.29, 1.82) is 0 Å². The molecule has 0 aliphatic carbocycles. The summed E-state index contributed by atoms with van der Waals surface area (Å²) in [5.41, 5.74) is 1.76. The average Bonchev–Trinajstić information content (AvgIpc) is 2.98. The number of carbonyl (C=O) groups is 1. The van der Waals surface area contributed by atoms with Crippen molar-refractivity contribution < 1.29 is 9.53 Å². The fourth-order valence-electron chi connectivity index (χ4n) is 2.47. The second kappa shape index (κ2) is 6.79. The molecule has 0 radical (unpaired) electrons. The van der Waals surface area contributed by atoms with Crippen LogP contribution in [0.5, 0.6) is 5.88 Å². The van der Waals surface area contributed by atoms with Gasteiger partial charge in [0.1, 0.15) is 0 Å². The van der Waals surface area contributed by atoms with Crippen LogP contribution in [0, 0.1) is 0 Å². The molecule has 0 fully saturated rings. The number of ether oxygens (including phenoxy) is 1. The van der Waals surface area contributed by atoms with Crippen LogP contribution in [0.1, 0.15) is 22.8 Å². The normalized spacial score (nSPS) is 10.7. The molecule has 0 aliphatic heterocycles. The fraction of sp³-hybridized carbons (Fsp3) is 0.222. The monoisotopic (exact) mass is 326 g/mol. The third-order valence-corrected chi connectivity index (χ3v) is 4.60. The van der Waals surface area contributed by atoms with Gasteiger partial charge in [0.25, 0.3) is 5.91 Å². The highest BCUT2D eigenvalue weighted by Gasteiger charge is 2.15. The third kappa shape index (κ3) is 3.35. The standard InChI is InChI=1S/C18H18N2O2S/c1-3-22-17-10-13(8-9-19-17)18(21)20(2)11-14-12-23-16-7-5-4-6-15(14)16/h4-10,12H,3,11H2,1-2H3. The van der Waals surface area contributed by atoms with Crippen molar-refractivity contribution in [2.24, 2.45) is 0 Å². The number of carbonyl (C=O) groups excluding carboxylic acids is 1. The Labute approximate surface area is 139 Å². The summed E-state index contributed by atoms with van der Waals surface area (Å²) in [5.74, 6) is 0.441. The summed E-state index contributed by atoms with van der Waals surface area (Å²) >= 11 is 1.70. The molecule has 1 amide bonds. The van der Waals surface area contributed by atoms with E-state index in [1.54, 1.807) is 34.6 Å². The summed E-state index contributed by atoms with van der Waals surface area (Å²) in [6.45, 7) is 3.00. The van der Waals surface area contributed by atoms with Gasteiger partial charge >= 0.3 is 0 Å². The van der Waals surface area contributed by atoms with Crippen molar-refractivity contribution >= 4 is 27.3 Å². The molecule has 4 nitrogen and oxygen atoms in total. The van der Waals surface area contributed by atoms with Gasteiger partial charge in [-0.15, -0.1) is 11.3 Å². The van der Waals surface area contributed by atoms with Crippen molar-refractivity contribution in [3.05, 3.63) is 59.1 Å². The van der Waals surface area contributed by atoms with Crippen LogP contribution in [-0.2, 0) is 6.54 Å². The number of hydrogen-bond acceptors (Lipinski definition) is 4. The smallest absolute Gasteiger partial charge is 0.254 e. The van der Waals surface area contributed by atoms with Gasteiger partial charge in [0, 0.05) is 36.1 Å². The van der Waals surface area contributed by atoms with Gasteiger partial charge in [-0.25, -0.2) is 4.98 Å². The van der Waals surface area contributed by atoms with Gasteiger partial charge in [-0.2, -0.15) is 0 Å². The molecule has 0 aliphatic rings. The van der Waals surface area contributed by atoms with Crippen LogP contribution in [0.15, 0.2) is 48.0 Å². The van der Waals surface area contributed by atoms with Gasteiger partial charge in [0.15, 0.2) is 0 Å². The Hall–Kier alpha value is -2.40. The van der Waals surface area contributed by atoms with E-state index in [0.29, 0.717) is 24.6 Å². The lowest BCUT2D eigenvalue weighted by Crippen LogP contribution is -2.26. The molecule has 0 saturated carbocycles. The van der Waals surface area contributed by atoms with Gasteiger partial charge < -0.3 is 9.64 Å². The highest BCUT2D eigenvalue weighted by atomic mass is 32.1. The predicted molar refractivity (Wildman–Crippen MR) is 93.0 cm³/mol. The van der Waals surface area contributed by atoms with Crippen LogP contribution < -0.4 is 4.74 Å². The SMILES string of the molecule is CCOc1cc(C(=O)N(C)Cc2csc3ccccc23)ccn1. The number of hydrogen-bond donors (Lipinski definition) is 0. The van der Waals surface area contributed by atoms with Crippen molar-refractivity contribution in [3.63, 3.8) is 0 Å². The Morgan fingerprint density at radius 2 is 2.13 bits per heavy atom. The van der Waals surface area contributed by atoms with E-state index < -0.39 is 0 Å². The number of nitrogens with zero attached hydrogens (tertiary/aromatic N) is 2. The first-order valence-electron chi connectivity index (χ1n) is 7.48. The molecule has 0 unspecified atom stereocenters. The zero-order valence-electron chi connectivity index (χ0n) is 13.2. The molecule has 0 spiro atoms. The van der Waals surface area contributed by atoms with Crippen LogP contribution in [-0.4, -0.2) is 29.4 Å². The Bertz CT molecular complexity index is 829. The Balaban J connectivity index is 1.78. The first-order valence-corrected chi connectivity index (χ1v) is 8.36. The summed E-state index contributed by atoms with van der Waals surface area (Å²) in [7, 11) is 1.82. The molecule has 0 N–H and O–H groups in total. The van der Waals surface area contributed by atoms with Crippen molar-refractivity contribution in [1.82, 2.24) is 9.88 Å². The van der Waals surface area contributed by atoms with Crippen LogP contribution >= 0.6 is 11.3 Å². The number of benzene rings is 1.